The van der Waals surface area contributed by atoms with E-state index in [1.165, 1.54) is 0 Å². The van der Waals surface area contributed by atoms with Crippen molar-refractivity contribution < 1.29 is 4.79 Å². The van der Waals surface area contributed by atoms with Gasteiger partial charge in [0.2, 0.25) is 5.91 Å². The number of halogens is 1. The zero-order valence-electron chi connectivity index (χ0n) is 14.3. The van der Waals surface area contributed by atoms with E-state index in [0.717, 1.165) is 27.8 Å². The number of para-hydroxylation sites is 2. The highest BCUT2D eigenvalue weighted by molar-refractivity contribution is 6.32. The van der Waals surface area contributed by atoms with Crippen LogP contribution in [0.3, 0.4) is 0 Å². The van der Waals surface area contributed by atoms with E-state index in [-0.39, 0.29) is 12.5 Å². The Kier molecular flexibility index (Phi) is 5.31. The number of benzene rings is 2. The number of carbonyl (C=O) groups is 1. The lowest BCUT2D eigenvalue weighted by molar-refractivity contribution is -0.117. The summed E-state index contributed by atoms with van der Waals surface area (Å²) in [4.78, 5) is 18.7. The molecule has 2 aromatic carbocycles. The quantitative estimate of drug-likeness (QED) is 0.745. The van der Waals surface area contributed by atoms with Gasteiger partial charge in [0.25, 0.3) is 0 Å². The maximum atomic E-state index is 12.2. The normalized spacial score (nSPS) is 11.0. The number of carbonyl (C=O) groups excluding carboxylic acids is 1. The second kappa shape index (κ2) is 7.64. The van der Waals surface area contributed by atoms with Crippen LogP contribution in [0.1, 0.15) is 11.3 Å². The minimum absolute atomic E-state index is 0.0673. The molecule has 0 aliphatic heterocycles. The molecule has 4 nitrogen and oxygen atoms in total. The molecule has 1 heterocycles. The molecule has 0 saturated carbocycles. The van der Waals surface area contributed by atoms with Crippen molar-refractivity contribution in [2.75, 3.05) is 18.9 Å². The number of rotatable bonds is 5. The van der Waals surface area contributed by atoms with Gasteiger partial charge in [0.05, 0.1) is 22.8 Å². The van der Waals surface area contributed by atoms with Crippen molar-refractivity contribution in [2.24, 2.45) is 0 Å². The number of hydrogen-bond donors (Lipinski definition) is 1. The monoisotopic (exact) mass is 353 g/mol. The largest absolute Gasteiger partial charge is 0.325 e. The Morgan fingerprint density at radius 2 is 1.80 bits per heavy atom. The van der Waals surface area contributed by atoms with Crippen LogP contribution < -0.4 is 5.32 Å². The lowest BCUT2D eigenvalue weighted by atomic mass is 10.1. The van der Waals surface area contributed by atoms with Gasteiger partial charge in [0.15, 0.2) is 0 Å². The van der Waals surface area contributed by atoms with Gasteiger partial charge < -0.3 is 5.32 Å². The first-order valence-electron chi connectivity index (χ1n) is 8.12. The van der Waals surface area contributed by atoms with Crippen LogP contribution in [-0.4, -0.2) is 29.4 Å². The molecular weight excluding hydrogens is 334 g/mol. The fraction of sp³-hybridized carbons (Fsp3) is 0.200. The van der Waals surface area contributed by atoms with Gasteiger partial charge in [0, 0.05) is 17.6 Å². The van der Waals surface area contributed by atoms with Crippen LogP contribution in [0.4, 0.5) is 5.69 Å². The highest BCUT2D eigenvalue weighted by atomic mass is 35.5. The number of amides is 1. The first-order chi connectivity index (χ1) is 12.0. The van der Waals surface area contributed by atoms with E-state index in [0.29, 0.717) is 11.6 Å². The lowest BCUT2D eigenvalue weighted by Crippen LogP contribution is -2.30. The Bertz CT molecular complexity index is 896. The minimum Gasteiger partial charge on any atom is -0.325 e. The molecular formula is C20H20ClN3O. The second-order valence-corrected chi connectivity index (χ2v) is 6.48. The van der Waals surface area contributed by atoms with Gasteiger partial charge in [0.1, 0.15) is 0 Å². The molecule has 25 heavy (non-hydrogen) atoms. The van der Waals surface area contributed by atoms with E-state index in [4.69, 9.17) is 11.6 Å². The van der Waals surface area contributed by atoms with Gasteiger partial charge in [-0.05, 0) is 37.7 Å². The second-order valence-electron chi connectivity index (χ2n) is 6.10. The number of hydrogen-bond acceptors (Lipinski definition) is 3. The molecule has 0 spiro atoms. The van der Waals surface area contributed by atoms with Crippen LogP contribution >= 0.6 is 11.6 Å². The highest BCUT2D eigenvalue weighted by Crippen LogP contribution is 2.27. The topological polar surface area (TPSA) is 45.2 Å². The average molecular weight is 354 g/mol. The van der Waals surface area contributed by atoms with Crippen LogP contribution in [0.5, 0.6) is 0 Å². The number of aromatic nitrogens is 1. The number of nitrogens with one attached hydrogen (secondary N) is 1. The van der Waals surface area contributed by atoms with E-state index in [1.54, 1.807) is 0 Å². The molecule has 5 heteroatoms. The predicted molar refractivity (Wildman–Crippen MR) is 103 cm³/mol. The van der Waals surface area contributed by atoms with Crippen LogP contribution in [0.25, 0.3) is 10.9 Å². The van der Waals surface area contributed by atoms with E-state index in [9.17, 15) is 4.79 Å². The molecule has 0 radical (unpaired) electrons. The third kappa shape index (κ3) is 4.16. The van der Waals surface area contributed by atoms with Crippen LogP contribution in [-0.2, 0) is 11.3 Å². The standard InChI is InChI=1S/C20H20ClN3O/c1-14-16-10-6-7-11-17(16)23-18(20(14)21)12-24(2)13-19(25)22-15-8-4-3-5-9-15/h3-11H,12-13H2,1-2H3,(H,22,25). The van der Waals surface area contributed by atoms with E-state index >= 15 is 0 Å². The fourth-order valence-electron chi connectivity index (χ4n) is 2.80. The molecule has 3 aromatic rings. The third-order valence-electron chi connectivity index (χ3n) is 4.04. The van der Waals surface area contributed by atoms with Crippen molar-refractivity contribution in [3.05, 3.63) is 70.9 Å². The molecule has 1 amide bonds. The van der Waals surface area contributed by atoms with Crippen molar-refractivity contribution in [1.29, 1.82) is 0 Å². The molecule has 0 aliphatic carbocycles. The number of anilines is 1. The molecule has 0 unspecified atom stereocenters. The maximum absolute atomic E-state index is 12.2. The summed E-state index contributed by atoms with van der Waals surface area (Å²) >= 11 is 6.49. The number of nitrogens with zero attached hydrogens (tertiary/aromatic N) is 2. The fourth-order valence-corrected chi connectivity index (χ4v) is 3.00. The summed E-state index contributed by atoms with van der Waals surface area (Å²) in [6.45, 7) is 2.77. The first kappa shape index (κ1) is 17.4. The Morgan fingerprint density at radius 3 is 2.56 bits per heavy atom. The summed E-state index contributed by atoms with van der Waals surface area (Å²) in [6, 6.07) is 17.4. The van der Waals surface area contributed by atoms with Crippen molar-refractivity contribution in [3.8, 4) is 0 Å². The maximum Gasteiger partial charge on any atom is 0.238 e. The third-order valence-corrected chi connectivity index (χ3v) is 4.54. The van der Waals surface area contributed by atoms with Crippen LogP contribution in [0.15, 0.2) is 54.6 Å². The molecule has 0 bridgehead atoms. The summed E-state index contributed by atoms with van der Waals surface area (Å²) in [6.07, 6.45) is 0. The number of likely N-dealkylation sites (N-methyl/N-ethyl adjacent to an activating group) is 1. The zero-order valence-corrected chi connectivity index (χ0v) is 15.0. The van der Waals surface area contributed by atoms with Crippen molar-refractivity contribution in [3.63, 3.8) is 0 Å². The average Bonchev–Trinajstić information content (AvgIpc) is 2.60. The summed E-state index contributed by atoms with van der Waals surface area (Å²) in [5, 5.41) is 4.60. The molecule has 0 saturated heterocycles. The molecule has 1 aromatic heterocycles. The lowest BCUT2D eigenvalue weighted by Gasteiger charge is -2.18. The number of fused-ring (bicyclic) bond motifs is 1. The van der Waals surface area contributed by atoms with Crippen LogP contribution in [0, 0.1) is 6.92 Å². The summed E-state index contributed by atoms with van der Waals surface area (Å²) in [7, 11) is 1.88. The van der Waals surface area contributed by atoms with Gasteiger partial charge >= 0.3 is 0 Å². The van der Waals surface area contributed by atoms with Gasteiger partial charge in [-0.1, -0.05) is 48.0 Å². The van der Waals surface area contributed by atoms with Gasteiger partial charge in [-0.25, -0.2) is 4.98 Å². The molecule has 3 rings (SSSR count). The summed E-state index contributed by atoms with van der Waals surface area (Å²) in [5.41, 5.74) is 3.51. The Labute approximate surface area is 152 Å². The SMILES string of the molecule is Cc1c(Cl)c(CN(C)CC(=O)Nc2ccccc2)nc2ccccc12. The smallest absolute Gasteiger partial charge is 0.238 e. The molecule has 1 N–H and O–H groups in total. The zero-order chi connectivity index (χ0) is 17.8. The Morgan fingerprint density at radius 1 is 1.12 bits per heavy atom. The van der Waals surface area contributed by atoms with Crippen molar-refractivity contribution >= 4 is 34.1 Å². The minimum atomic E-state index is -0.0673. The van der Waals surface area contributed by atoms with E-state index in [1.807, 2.05) is 73.5 Å². The Balaban J connectivity index is 1.70. The first-order valence-corrected chi connectivity index (χ1v) is 8.49. The van der Waals surface area contributed by atoms with Gasteiger partial charge in [-0.2, -0.15) is 0 Å². The van der Waals surface area contributed by atoms with Crippen molar-refractivity contribution in [1.82, 2.24) is 9.88 Å². The molecule has 0 atom stereocenters. The molecule has 128 valence electrons. The van der Waals surface area contributed by atoms with Crippen LogP contribution in [0.2, 0.25) is 5.02 Å². The summed E-state index contributed by atoms with van der Waals surface area (Å²) in [5.74, 6) is -0.0673. The summed E-state index contributed by atoms with van der Waals surface area (Å²) < 4.78 is 0. The number of pyridine rings is 1. The van der Waals surface area contributed by atoms with Gasteiger partial charge in [-0.15, -0.1) is 0 Å². The predicted octanol–water partition coefficient (Wildman–Crippen LogP) is 4.27. The molecule has 0 aliphatic rings. The van der Waals surface area contributed by atoms with Crippen molar-refractivity contribution in [2.45, 2.75) is 13.5 Å². The molecule has 0 fully saturated rings. The van der Waals surface area contributed by atoms with Gasteiger partial charge in [-0.3, -0.25) is 9.69 Å². The van der Waals surface area contributed by atoms with E-state index < -0.39 is 0 Å². The highest BCUT2D eigenvalue weighted by Gasteiger charge is 2.14. The Hall–Kier alpha value is -2.43. The number of aryl methyl sites for hydroxylation is 1. The van der Waals surface area contributed by atoms with E-state index in [2.05, 4.69) is 10.3 Å².